The lowest BCUT2D eigenvalue weighted by atomic mass is 9.74. The van der Waals surface area contributed by atoms with E-state index in [1.54, 1.807) is 12.2 Å². The van der Waals surface area contributed by atoms with E-state index in [-0.39, 0.29) is 5.41 Å². The summed E-state index contributed by atoms with van der Waals surface area (Å²) in [6.07, 6.45) is 6.05. The van der Waals surface area contributed by atoms with E-state index in [4.69, 9.17) is 6.57 Å². The molecule has 0 aromatic rings. The number of hydrogen-bond acceptors (Lipinski definition) is 2. The van der Waals surface area contributed by atoms with Gasteiger partial charge in [0.15, 0.2) is 0 Å². The molecule has 0 N–H and O–H groups in total. The van der Waals surface area contributed by atoms with Gasteiger partial charge in [0.1, 0.15) is 0 Å². The molecule has 3 nitrogen and oxygen atoms in total. The topological polar surface area (TPSA) is 38.5 Å². The van der Waals surface area contributed by atoms with Crippen LogP contribution in [-0.2, 0) is 9.84 Å². The van der Waals surface area contributed by atoms with Crippen LogP contribution in [0.25, 0.3) is 4.85 Å². The van der Waals surface area contributed by atoms with Gasteiger partial charge in [-0.25, -0.2) is 15.0 Å². The summed E-state index contributed by atoms with van der Waals surface area (Å²) in [7, 11) is -3.39. The molecule has 4 heteroatoms. The average molecular weight is 239 g/mol. The summed E-state index contributed by atoms with van der Waals surface area (Å²) in [5, 5.41) is 0. The summed E-state index contributed by atoms with van der Waals surface area (Å²) in [6, 6.07) is 0. The van der Waals surface area contributed by atoms with Crippen molar-refractivity contribution < 1.29 is 8.42 Å². The molecule has 0 saturated carbocycles. The van der Waals surface area contributed by atoms with Crippen LogP contribution >= 0.6 is 0 Å². The normalized spacial score (nSPS) is 25.3. The van der Waals surface area contributed by atoms with Crippen LogP contribution in [0.4, 0.5) is 0 Å². The van der Waals surface area contributed by atoms with Crippen molar-refractivity contribution in [3.63, 3.8) is 0 Å². The van der Waals surface area contributed by atoms with Crippen LogP contribution in [0.15, 0.2) is 23.1 Å². The van der Waals surface area contributed by atoms with E-state index < -0.39 is 15.7 Å². The lowest BCUT2D eigenvalue weighted by molar-refractivity contribution is 0.299. The Labute approximate surface area is 97.6 Å². The highest BCUT2D eigenvalue weighted by atomic mass is 32.2. The van der Waals surface area contributed by atoms with Gasteiger partial charge >= 0.3 is 5.88 Å². The van der Waals surface area contributed by atoms with Gasteiger partial charge in [-0.05, 0) is 23.8 Å². The molecule has 1 unspecified atom stereocenters. The monoisotopic (exact) mass is 239 g/mol. The van der Waals surface area contributed by atoms with Crippen LogP contribution in [0.3, 0.4) is 0 Å². The molecule has 88 valence electrons. The van der Waals surface area contributed by atoms with Crippen molar-refractivity contribution in [2.75, 3.05) is 5.88 Å². The molecule has 1 atom stereocenters. The second kappa shape index (κ2) is 4.42. The van der Waals surface area contributed by atoms with Crippen LogP contribution in [0.2, 0.25) is 0 Å². The maximum absolute atomic E-state index is 11.6. The van der Waals surface area contributed by atoms with Crippen molar-refractivity contribution >= 4 is 9.84 Å². The van der Waals surface area contributed by atoms with Crippen molar-refractivity contribution in [3.8, 4) is 0 Å². The molecule has 0 radical (unpaired) electrons. The molecule has 0 fully saturated rings. The molecule has 0 aromatic heterocycles. The Kier molecular flexibility index (Phi) is 3.59. The fourth-order valence-electron chi connectivity index (χ4n) is 1.55. The number of rotatable bonds is 3. The largest absolute Gasteiger partial charge is 0.316 e. The smallest absolute Gasteiger partial charge is 0.299 e. The second-order valence-corrected chi connectivity index (χ2v) is 6.67. The lowest BCUT2D eigenvalue weighted by Crippen LogP contribution is -2.23. The molecule has 0 saturated heterocycles. The van der Waals surface area contributed by atoms with E-state index in [1.165, 1.54) is 0 Å². The summed E-state index contributed by atoms with van der Waals surface area (Å²) in [5.74, 6) is 0.00629. The first-order valence-electron chi connectivity index (χ1n) is 5.27. The Hall–Kier alpha value is -1.08. The molecular formula is C12H17NO2S. The van der Waals surface area contributed by atoms with Crippen LogP contribution in [-0.4, -0.2) is 14.3 Å². The molecule has 0 amide bonds. The van der Waals surface area contributed by atoms with Crippen molar-refractivity contribution in [1.82, 2.24) is 0 Å². The van der Waals surface area contributed by atoms with Gasteiger partial charge in [-0.2, -0.15) is 0 Å². The van der Waals surface area contributed by atoms with E-state index in [9.17, 15) is 8.42 Å². The molecule has 0 heterocycles. The summed E-state index contributed by atoms with van der Waals surface area (Å²) in [5.41, 5.74) is 0.0249. The zero-order valence-electron chi connectivity index (χ0n) is 9.90. The first-order valence-corrected chi connectivity index (χ1v) is 6.92. The van der Waals surface area contributed by atoms with Gasteiger partial charge in [0, 0.05) is 0 Å². The van der Waals surface area contributed by atoms with Crippen molar-refractivity contribution in [2.24, 2.45) is 11.3 Å². The number of nitrogens with zero attached hydrogens (tertiary/aromatic N) is 1. The van der Waals surface area contributed by atoms with Crippen LogP contribution in [0.5, 0.6) is 0 Å². The summed E-state index contributed by atoms with van der Waals surface area (Å²) in [6.45, 7) is 13.0. The highest BCUT2D eigenvalue weighted by Crippen LogP contribution is 2.37. The fraction of sp³-hybridized carbons (Fsp3) is 0.583. The van der Waals surface area contributed by atoms with E-state index >= 15 is 0 Å². The molecule has 1 aliphatic carbocycles. The zero-order chi connectivity index (χ0) is 12.4. The average Bonchev–Trinajstić information content (AvgIpc) is 2.18. The summed E-state index contributed by atoms with van der Waals surface area (Å²) < 4.78 is 23.3. The molecular weight excluding hydrogens is 222 g/mol. The van der Waals surface area contributed by atoms with Crippen molar-refractivity contribution in [2.45, 2.75) is 27.2 Å². The Bertz CT molecular complexity index is 466. The quantitative estimate of drug-likeness (QED) is 0.710. The SMILES string of the molecule is [C-]#[N+]CS(=O)(=O)C1=CCC(C)(C(C)C)C=C1. The minimum atomic E-state index is -3.39. The van der Waals surface area contributed by atoms with E-state index in [0.29, 0.717) is 17.2 Å². The third-order valence-electron chi connectivity index (χ3n) is 3.28. The predicted molar refractivity (Wildman–Crippen MR) is 65.2 cm³/mol. The van der Waals surface area contributed by atoms with Gasteiger partial charge in [-0.1, -0.05) is 32.9 Å². The molecule has 16 heavy (non-hydrogen) atoms. The molecule has 0 bridgehead atoms. The highest BCUT2D eigenvalue weighted by molar-refractivity contribution is 7.95. The Morgan fingerprint density at radius 2 is 2.19 bits per heavy atom. The van der Waals surface area contributed by atoms with Crippen molar-refractivity contribution in [1.29, 1.82) is 0 Å². The minimum absolute atomic E-state index is 0.0249. The zero-order valence-corrected chi connectivity index (χ0v) is 10.7. The van der Waals surface area contributed by atoms with Gasteiger partial charge < -0.3 is 0 Å². The van der Waals surface area contributed by atoms with Crippen LogP contribution in [0.1, 0.15) is 27.2 Å². The third-order valence-corrected chi connectivity index (χ3v) is 4.77. The van der Waals surface area contributed by atoms with Crippen LogP contribution < -0.4 is 0 Å². The Morgan fingerprint density at radius 1 is 1.56 bits per heavy atom. The highest BCUT2D eigenvalue weighted by Gasteiger charge is 2.29. The maximum Gasteiger partial charge on any atom is 0.316 e. The maximum atomic E-state index is 11.6. The van der Waals surface area contributed by atoms with Crippen molar-refractivity contribution in [3.05, 3.63) is 34.6 Å². The minimum Gasteiger partial charge on any atom is -0.299 e. The van der Waals surface area contributed by atoms with Crippen LogP contribution in [0, 0.1) is 17.9 Å². The molecule has 1 rings (SSSR count). The summed E-state index contributed by atoms with van der Waals surface area (Å²) in [4.78, 5) is 3.23. The predicted octanol–water partition coefficient (Wildman–Crippen LogP) is 2.78. The van der Waals surface area contributed by atoms with Gasteiger partial charge in [-0.15, -0.1) is 0 Å². The lowest BCUT2D eigenvalue weighted by Gasteiger charge is -2.31. The molecule has 0 aliphatic heterocycles. The first kappa shape index (κ1) is 13.0. The number of allylic oxidation sites excluding steroid dienone is 3. The fourth-order valence-corrected chi connectivity index (χ4v) is 2.48. The van der Waals surface area contributed by atoms with E-state index in [1.807, 2.05) is 6.08 Å². The van der Waals surface area contributed by atoms with Gasteiger partial charge in [0.25, 0.3) is 9.84 Å². The second-order valence-electron chi connectivity index (χ2n) is 4.71. The standard InChI is InChI=1S/C12H17NO2S/c1-10(2)12(3)7-5-11(6-8-12)16(14,15)9-13-4/h5-7,10H,8-9H2,1-3H3. The van der Waals surface area contributed by atoms with Gasteiger partial charge in [0.2, 0.25) is 0 Å². The Balaban J connectivity index is 2.93. The summed E-state index contributed by atoms with van der Waals surface area (Å²) >= 11 is 0. The van der Waals surface area contributed by atoms with E-state index in [2.05, 4.69) is 25.6 Å². The molecule has 1 aliphatic rings. The molecule has 0 spiro atoms. The molecule has 0 aromatic carbocycles. The Morgan fingerprint density at radius 3 is 2.56 bits per heavy atom. The first-order chi connectivity index (χ1) is 7.32. The number of sulfone groups is 1. The van der Waals surface area contributed by atoms with Gasteiger partial charge in [-0.3, -0.25) is 4.85 Å². The van der Waals surface area contributed by atoms with Gasteiger partial charge in [0.05, 0.1) is 4.91 Å². The third kappa shape index (κ3) is 2.53. The van der Waals surface area contributed by atoms with E-state index in [0.717, 1.165) is 0 Å². The number of hydrogen-bond donors (Lipinski definition) is 0.